The Hall–Kier alpha value is -1.22. The Kier molecular flexibility index (Phi) is 11.4. The minimum Gasteiger partial charge on any atom is -0.491 e. The van der Waals surface area contributed by atoms with Gasteiger partial charge in [0.25, 0.3) is 0 Å². The van der Waals surface area contributed by atoms with Crippen LogP contribution in [0.5, 0.6) is 5.75 Å². The monoisotopic (exact) mass is 589 g/mol. The van der Waals surface area contributed by atoms with Crippen molar-refractivity contribution in [1.82, 2.24) is 5.06 Å². The number of epoxide rings is 1. The quantitative estimate of drug-likeness (QED) is 0.144. The fourth-order valence-corrected chi connectivity index (χ4v) is 6.69. The Bertz CT molecular complexity index is 959. The molecule has 1 spiro atoms. The predicted octanol–water partition coefficient (Wildman–Crippen LogP) is 7.87. The molecule has 1 aromatic carbocycles. The molecule has 3 aliphatic rings. The maximum absolute atomic E-state index is 6.94. The lowest BCUT2D eigenvalue weighted by Gasteiger charge is -2.64. The summed E-state index contributed by atoms with van der Waals surface area (Å²) in [6.07, 6.45) is 8.60. The van der Waals surface area contributed by atoms with Crippen LogP contribution >= 0.6 is 0 Å². The van der Waals surface area contributed by atoms with E-state index in [9.17, 15) is 0 Å². The van der Waals surface area contributed by atoms with Gasteiger partial charge in [-0.1, -0.05) is 66.0 Å². The minimum atomic E-state index is -0.650. The summed E-state index contributed by atoms with van der Waals surface area (Å²) in [7, 11) is 0. The smallest absolute Gasteiger partial charge is 0.174 e. The topological polar surface area (TPSA) is 61.9 Å². The van der Waals surface area contributed by atoms with Crippen LogP contribution in [0.25, 0.3) is 0 Å². The highest BCUT2D eigenvalue weighted by Crippen LogP contribution is 2.55. The molecule has 3 saturated heterocycles. The standard InChI is InChI=1S/C35H59NO6/c1-9-13-14-15-20-37-24-34(12-4)25-40-35(41-26-34)23-32(7,10-2)36(33(8,11-3)28(35)6)42-27(5)29-16-18-30(19-17-29)38-21-31-22-39-31/h16-19,27-28,31H,9-15,20-26H2,1-8H3. The van der Waals surface area contributed by atoms with Gasteiger partial charge in [0.1, 0.15) is 24.6 Å². The van der Waals surface area contributed by atoms with Crippen LogP contribution in [0, 0.1) is 11.3 Å². The highest BCUT2D eigenvalue weighted by molar-refractivity contribution is 5.28. The van der Waals surface area contributed by atoms with Gasteiger partial charge < -0.3 is 23.7 Å². The lowest BCUT2D eigenvalue weighted by atomic mass is 9.66. The van der Waals surface area contributed by atoms with Crippen molar-refractivity contribution in [2.75, 3.05) is 39.6 Å². The second kappa shape index (κ2) is 14.3. The molecular formula is C35H59NO6. The van der Waals surface area contributed by atoms with E-state index in [-0.39, 0.29) is 34.6 Å². The molecule has 1 aromatic rings. The zero-order valence-electron chi connectivity index (χ0n) is 27.8. The Morgan fingerprint density at radius 3 is 2.21 bits per heavy atom. The fourth-order valence-electron chi connectivity index (χ4n) is 6.69. The van der Waals surface area contributed by atoms with Crippen LogP contribution in [0.4, 0.5) is 0 Å². The van der Waals surface area contributed by atoms with Crippen molar-refractivity contribution in [1.29, 1.82) is 0 Å². The van der Waals surface area contributed by atoms with Gasteiger partial charge >= 0.3 is 0 Å². The molecule has 0 radical (unpaired) electrons. The van der Waals surface area contributed by atoms with Crippen molar-refractivity contribution in [2.45, 2.75) is 136 Å². The predicted molar refractivity (Wildman–Crippen MR) is 167 cm³/mol. The van der Waals surface area contributed by atoms with Gasteiger partial charge in [0.05, 0.1) is 32.0 Å². The van der Waals surface area contributed by atoms with Crippen LogP contribution in [0.15, 0.2) is 24.3 Å². The van der Waals surface area contributed by atoms with Crippen molar-refractivity contribution >= 4 is 0 Å². The van der Waals surface area contributed by atoms with Gasteiger partial charge in [-0.05, 0) is 64.2 Å². The molecule has 3 heterocycles. The van der Waals surface area contributed by atoms with E-state index in [0.717, 1.165) is 56.6 Å². The first-order valence-corrected chi connectivity index (χ1v) is 16.8. The first-order valence-electron chi connectivity index (χ1n) is 16.8. The molecule has 0 N–H and O–H groups in total. The van der Waals surface area contributed by atoms with Crippen LogP contribution in [0.2, 0.25) is 0 Å². The SMILES string of the molecule is CCCCCCOCC1(CC)COC2(CC(C)(CC)N(OC(C)c3ccc(OCC4CO4)cc3)C(C)(CC)C2C)OC1. The molecule has 5 unspecified atom stereocenters. The first kappa shape index (κ1) is 33.7. The van der Waals surface area contributed by atoms with E-state index in [2.05, 4.69) is 72.6 Å². The number of rotatable bonds is 16. The van der Waals surface area contributed by atoms with Gasteiger partial charge in [0.2, 0.25) is 0 Å². The molecule has 7 nitrogen and oxygen atoms in total. The highest BCUT2D eigenvalue weighted by Gasteiger charge is 2.64. The summed E-state index contributed by atoms with van der Waals surface area (Å²) < 4.78 is 31.1. The largest absolute Gasteiger partial charge is 0.491 e. The molecule has 240 valence electrons. The molecule has 42 heavy (non-hydrogen) atoms. The lowest BCUT2D eigenvalue weighted by Crippen LogP contribution is -2.74. The van der Waals surface area contributed by atoms with Crippen molar-refractivity contribution in [3.63, 3.8) is 0 Å². The molecule has 3 fully saturated rings. The lowest BCUT2D eigenvalue weighted by molar-refractivity contribution is -0.418. The van der Waals surface area contributed by atoms with Crippen molar-refractivity contribution in [3.05, 3.63) is 29.8 Å². The normalized spacial score (nSPS) is 35.8. The van der Waals surface area contributed by atoms with E-state index >= 15 is 0 Å². The number of hydrogen-bond acceptors (Lipinski definition) is 7. The molecule has 0 aliphatic carbocycles. The van der Waals surface area contributed by atoms with Gasteiger partial charge in [0, 0.05) is 29.9 Å². The van der Waals surface area contributed by atoms with Crippen LogP contribution in [-0.4, -0.2) is 67.7 Å². The van der Waals surface area contributed by atoms with E-state index in [1.807, 2.05) is 12.1 Å². The van der Waals surface area contributed by atoms with Gasteiger partial charge in [-0.2, -0.15) is 5.06 Å². The third-order valence-corrected chi connectivity index (χ3v) is 10.6. The Morgan fingerprint density at radius 1 is 0.952 bits per heavy atom. The average molecular weight is 590 g/mol. The Labute approximate surface area is 255 Å². The Balaban J connectivity index is 1.44. The van der Waals surface area contributed by atoms with Crippen molar-refractivity contribution in [3.8, 4) is 5.75 Å². The van der Waals surface area contributed by atoms with Crippen LogP contribution in [0.3, 0.4) is 0 Å². The summed E-state index contributed by atoms with van der Waals surface area (Å²) in [5.41, 5.74) is 0.486. The maximum atomic E-state index is 6.94. The van der Waals surface area contributed by atoms with E-state index in [1.165, 1.54) is 19.3 Å². The minimum absolute atomic E-state index is 0.0926. The van der Waals surface area contributed by atoms with Crippen LogP contribution in [-0.2, 0) is 23.8 Å². The summed E-state index contributed by atoms with van der Waals surface area (Å²) in [5, 5.41) is 2.31. The number of hydrogen-bond donors (Lipinski definition) is 0. The van der Waals surface area contributed by atoms with Gasteiger partial charge in [-0.3, -0.25) is 4.84 Å². The van der Waals surface area contributed by atoms with Gasteiger partial charge in [-0.15, -0.1) is 0 Å². The molecule has 4 rings (SSSR count). The first-order chi connectivity index (χ1) is 20.1. The van der Waals surface area contributed by atoms with Crippen LogP contribution in [0.1, 0.15) is 118 Å². The second-order valence-corrected chi connectivity index (χ2v) is 13.7. The molecule has 5 atom stereocenters. The summed E-state index contributed by atoms with van der Waals surface area (Å²) in [5.74, 6) is 0.318. The third kappa shape index (κ3) is 7.35. The zero-order chi connectivity index (χ0) is 30.4. The highest BCUT2D eigenvalue weighted by atomic mass is 16.7. The van der Waals surface area contributed by atoms with E-state index in [1.54, 1.807) is 0 Å². The number of unbranched alkanes of at least 4 members (excludes halogenated alkanes) is 3. The van der Waals surface area contributed by atoms with Gasteiger partial charge in [0.15, 0.2) is 5.79 Å². The summed E-state index contributed by atoms with van der Waals surface area (Å²) in [6.45, 7) is 22.3. The summed E-state index contributed by atoms with van der Waals surface area (Å²) >= 11 is 0. The molecular weight excluding hydrogens is 530 g/mol. The number of hydroxylamine groups is 2. The van der Waals surface area contributed by atoms with Crippen LogP contribution < -0.4 is 4.74 Å². The van der Waals surface area contributed by atoms with E-state index in [4.69, 9.17) is 28.5 Å². The maximum Gasteiger partial charge on any atom is 0.174 e. The summed E-state index contributed by atoms with van der Waals surface area (Å²) in [4.78, 5) is 6.94. The molecule has 0 amide bonds. The number of benzene rings is 1. The van der Waals surface area contributed by atoms with E-state index < -0.39 is 5.79 Å². The molecule has 3 aliphatic heterocycles. The Morgan fingerprint density at radius 2 is 1.64 bits per heavy atom. The van der Waals surface area contributed by atoms with Crippen molar-refractivity contribution in [2.24, 2.45) is 11.3 Å². The number of nitrogens with zero attached hydrogens (tertiary/aromatic N) is 1. The van der Waals surface area contributed by atoms with Gasteiger partial charge in [-0.25, -0.2) is 0 Å². The van der Waals surface area contributed by atoms with Crippen molar-refractivity contribution < 1.29 is 28.5 Å². The third-order valence-electron chi connectivity index (χ3n) is 10.6. The number of piperidine rings is 1. The molecule has 0 bridgehead atoms. The average Bonchev–Trinajstić information content (AvgIpc) is 3.85. The molecule has 7 heteroatoms. The van der Waals surface area contributed by atoms with E-state index in [0.29, 0.717) is 26.4 Å². The molecule has 0 aromatic heterocycles. The summed E-state index contributed by atoms with van der Waals surface area (Å²) in [6, 6.07) is 8.28. The second-order valence-electron chi connectivity index (χ2n) is 13.7. The fraction of sp³-hybridized carbons (Fsp3) is 0.829. The zero-order valence-corrected chi connectivity index (χ0v) is 27.8. The number of ether oxygens (including phenoxy) is 5. The molecule has 0 saturated carbocycles.